The van der Waals surface area contributed by atoms with E-state index in [0.717, 1.165) is 12.8 Å². The van der Waals surface area contributed by atoms with E-state index in [1.807, 2.05) is 13.8 Å². The minimum atomic E-state index is -0.366. The minimum Gasteiger partial charge on any atom is -0.344 e. The lowest BCUT2D eigenvalue weighted by atomic mass is 10.0. The fraction of sp³-hybridized carbons (Fsp3) is 0.438. The molecule has 0 radical (unpaired) electrons. The summed E-state index contributed by atoms with van der Waals surface area (Å²) in [7, 11) is 0. The molecule has 0 aliphatic rings. The number of carbonyl (C=O) groups is 1. The Morgan fingerprint density at radius 2 is 1.91 bits per heavy atom. The van der Waals surface area contributed by atoms with Crippen LogP contribution in [0.4, 0.5) is 4.39 Å². The van der Waals surface area contributed by atoms with Crippen LogP contribution in [0.25, 0.3) is 11.4 Å². The molecule has 1 heterocycles. The maximum absolute atomic E-state index is 12.9. The van der Waals surface area contributed by atoms with Crippen molar-refractivity contribution in [1.82, 2.24) is 15.5 Å². The highest BCUT2D eigenvalue weighted by atomic mass is 19.1. The monoisotopic (exact) mass is 305 g/mol. The van der Waals surface area contributed by atoms with Gasteiger partial charge in [-0.1, -0.05) is 19.0 Å². The minimum absolute atomic E-state index is 0.0121. The van der Waals surface area contributed by atoms with Gasteiger partial charge in [-0.05, 0) is 44.0 Å². The lowest BCUT2D eigenvalue weighted by Gasteiger charge is -2.15. The highest BCUT2D eigenvalue weighted by Gasteiger charge is 2.21. The van der Waals surface area contributed by atoms with Crippen LogP contribution in [0, 0.1) is 11.7 Å². The third-order valence-corrected chi connectivity index (χ3v) is 3.63. The van der Waals surface area contributed by atoms with Gasteiger partial charge in [0, 0.05) is 11.5 Å². The Hall–Kier alpha value is -2.24. The van der Waals surface area contributed by atoms with Crippen LogP contribution in [0.15, 0.2) is 28.8 Å². The van der Waals surface area contributed by atoms with E-state index in [-0.39, 0.29) is 23.7 Å². The molecule has 0 bridgehead atoms. The van der Waals surface area contributed by atoms with Gasteiger partial charge < -0.3 is 9.84 Å². The van der Waals surface area contributed by atoms with Crippen LogP contribution in [-0.4, -0.2) is 16.0 Å². The molecule has 2 aromatic rings. The molecule has 0 saturated heterocycles. The van der Waals surface area contributed by atoms with Gasteiger partial charge in [-0.2, -0.15) is 4.98 Å². The number of hydrogen-bond acceptors (Lipinski definition) is 4. The lowest BCUT2D eigenvalue weighted by Crippen LogP contribution is -2.32. The summed E-state index contributed by atoms with van der Waals surface area (Å²) >= 11 is 0. The van der Waals surface area contributed by atoms with E-state index in [1.54, 1.807) is 19.1 Å². The van der Waals surface area contributed by atoms with Gasteiger partial charge in [-0.3, -0.25) is 4.79 Å². The Kier molecular flexibility index (Phi) is 5.25. The molecular weight excluding hydrogens is 285 g/mol. The summed E-state index contributed by atoms with van der Waals surface area (Å²) in [6.07, 6.45) is 1.58. The fourth-order valence-electron chi connectivity index (χ4n) is 2.18. The van der Waals surface area contributed by atoms with Crippen molar-refractivity contribution in [3.63, 3.8) is 0 Å². The van der Waals surface area contributed by atoms with Gasteiger partial charge in [0.2, 0.25) is 17.6 Å². The first-order valence-corrected chi connectivity index (χ1v) is 7.45. The molecule has 1 N–H and O–H groups in total. The molecule has 0 unspecified atom stereocenters. The van der Waals surface area contributed by atoms with Crippen molar-refractivity contribution in [2.45, 2.75) is 39.7 Å². The van der Waals surface area contributed by atoms with E-state index in [1.165, 1.54) is 12.1 Å². The molecule has 1 amide bonds. The van der Waals surface area contributed by atoms with Crippen LogP contribution >= 0.6 is 0 Å². The zero-order valence-corrected chi connectivity index (χ0v) is 13.0. The fourth-order valence-corrected chi connectivity index (χ4v) is 2.18. The maximum Gasteiger partial charge on any atom is 0.249 e. The van der Waals surface area contributed by atoms with Crippen molar-refractivity contribution in [3.8, 4) is 11.4 Å². The summed E-state index contributed by atoms with van der Waals surface area (Å²) in [6.45, 7) is 5.76. The predicted octanol–water partition coefficient (Wildman–Crippen LogP) is 3.49. The standard InChI is InChI=1S/C16H20FN3O2/c1-4-11(5-2)15(21)18-10(3)16-19-14(20-22-16)12-6-8-13(17)9-7-12/h6-11H,4-5H2,1-3H3,(H,18,21)/t10-/m1/s1. The molecular formula is C16H20FN3O2. The number of benzene rings is 1. The summed E-state index contributed by atoms with van der Waals surface area (Å²) < 4.78 is 18.1. The zero-order chi connectivity index (χ0) is 16.1. The normalized spacial score (nSPS) is 12.4. The van der Waals surface area contributed by atoms with Crippen LogP contribution in [0.2, 0.25) is 0 Å². The first kappa shape index (κ1) is 16.1. The first-order chi connectivity index (χ1) is 10.5. The van der Waals surface area contributed by atoms with Gasteiger partial charge in [0.05, 0.1) is 0 Å². The van der Waals surface area contributed by atoms with E-state index in [4.69, 9.17) is 4.52 Å². The number of aromatic nitrogens is 2. The van der Waals surface area contributed by atoms with Crippen LogP contribution in [0.1, 0.15) is 45.5 Å². The van der Waals surface area contributed by atoms with E-state index < -0.39 is 0 Å². The van der Waals surface area contributed by atoms with Gasteiger partial charge in [-0.15, -0.1) is 0 Å². The quantitative estimate of drug-likeness (QED) is 0.887. The Morgan fingerprint density at radius 3 is 2.50 bits per heavy atom. The van der Waals surface area contributed by atoms with Gasteiger partial charge in [0.1, 0.15) is 11.9 Å². The number of amides is 1. The highest BCUT2D eigenvalue weighted by Crippen LogP contribution is 2.19. The molecule has 1 aromatic heterocycles. The van der Waals surface area contributed by atoms with Gasteiger partial charge in [-0.25, -0.2) is 4.39 Å². The molecule has 0 saturated carbocycles. The van der Waals surface area contributed by atoms with Crippen molar-refractivity contribution in [2.75, 3.05) is 0 Å². The van der Waals surface area contributed by atoms with Gasteiger partial charge in [0.25, 0.3) is 0 Å². The Bertz CT molecular complexity index is 621. The van der Waals surface area contributed by atoms with Gasteiger partial charge in [0.15, 0.2) is 0 Å². The number of hydrogen-bond donors (Lipinski definition) is 1. The van der Waals surface area contributed by atoms with Crippen molar-refractivity contribution in [1.29, 1.82) is 0 Å². The molecule has 2 rings (SSSR count). The van der Waals surface area contributed by atoms with E-state index in [0.29, 0.717) is 17.3 Å². The second-order valence-electron chi connectivity index (χ2n) is 5.21. The summed E-state index contributed by atoms with van der Waals surface area (Å²) in [5.74, 6) is 0.358. The van der Waals surface area contributed by atoms with Crippen LogP contribution in [0.5, 0.6) is 0 Å². The van der Waals surface area contributed by atoms with Crippen molar-refractivity contribution in [3.05, 3.63) is 36.0 Å². The Labute approximate surface area is 128 Å². The average Bonchev–Trinajstić information content (AvgIpc) is 2.99. The molecule has 1 aromatic carbocycles. The third-order valence-electron chi connectivity index (χ3n) is 3.63. The van der Waals surface area contributed by atoms with Gasteiger partial charge >= 0.3 is 0 Å². The molecule has 0 fully saturated rings. The lowest BCUT2D eigenvalue weighted by molar-refractivity contribution is -0.126. The van der Waals surface area contributed by atoms with Crippen LogP contribution in [0.3, 0.4) is 0 Å². The van der Waals surface area contributed by atoms with Crippen LogP contribution < -0.4 is 5.32 Å². The number of rotatable bonds is 6. The molecule has 22 heavy (non-hydrogen) atoms. The molecule has 5 nitrogen and oxygen atoms in total. The number of nitrogens with one attached hydrogen (secondary N) is 1. The first-order valence-electron chi connectivity index (χ1n) is 7.45. The maximum atomic E-state index is 12.9. The second kappa shape index (κ2) is 7.15. The predicted molar refractivity (Wildman–Crippen MR) is 80.3 cm³/mol. The molecule has 6 heteroatoms. The van der Waals surface area contributed by atoms with Crippen LogP contribution in [-0.2, 0) is 4.79 Å². The molecule has 1 atom stereocenters. The number of carbonyl (C=O) groups excluding carboxylic acids is 1. The second-order valence-corrected chi connectivity index (χ2v) is 5.21. The summed E-state index contributed by atoms with van der Waals surface area (Å²) in [4.78, 5) is 16.3. The molecule has 0 spiro atoms. The van der Waals surface area contributed by atoms with E-state index in [2.05, 4.69) is 15.5 Å². The number of nitrogens with zero attached hydrogens (tertiary/aromatic N) is 2. The van der Waals surface area contributed by atoms with E-state index >= 15 is 0 Å². The average molecular weight is 305 g/mol. The third kappa shape index (κ3) is 3.69. The van der Waals surface area contributed by atoms with Crippen molar-refractivity contribution in [2.24, 2.45) is 5.92 Å². The molecule has 0 aliphatic heterocycles. The Morgan fingerprint density at radius 1 is 1.27 bits per heavy atom. The topological polar surface area (TPSA) is 68.0 Å². The Balaban J connectivity index is 2.07. The summed E-state index contributed by atoms with van der Waals surface area (Å²) in [6, 6.07) is 5.47. The van der Waals surface area contributed by atoms with Crippen molar-refractivity contribution < 1.29 is 13.7 Å². The summed E-state index contributed by atoms with van der Waals surface area (Å²) in [5, 5.41) is 6.75. The van der Waals surface area contributed by atoms with Crippen molar-refractivity contribution >= 4 is 5.91 Å². The largest absolute Gasteiger partial charge is 0.344 e. The summed E-state index contributed by atoms with van der Waals surface area (Å²) in [5.41, 5.74) is 0.662. The highest BCUT2D eigenvalue weighted by molar-refractivity contribution is 5.78. The SMILES string of the molecule is CCC(CC)C(=O)N[C@H](C)c1nc(-c2ccc(F)cc2)no1. The number of halogens is 1. The molecule has 118 valence electrons. The molecule has 0 aliphatic carbocycles. The smallest absolute Gasteiger partial charge is 0.249 e. The van der Waals surface area contributed by atoms with E-state index in [9.17, 15) is 9.18 Å². The zero-order valence-electron chi connectivity index (χ0n) is 13.0.